The second-order valence-electron chi connectivity index (χ2n) is 11.8. The van der Waals surface area contributed by atoms with Crippen molar-refractivity contribution in [3.05, 3.63) is 69.4 Å². The van der Waals surface area contributed by atoms with E-state index in [9.17, 15) is 23.6 Å². The van der Waals surface area contributed by atoms with Crippen molar-refractivity contribution < 1.29 is 33.0 Å². The Morgan fingerprint density at radius 3 is 2.45 bits per heavy atom. The summed E-state index contributed by atoms with van der Waals surface area (Å²) in [7, 11) is 0. The molecule has 3 aliphatic rings. The van der Waals surface area contributed by atoms with Gasteiger partial charge in [-0.1, -0.05) is 34.1 Å². The van der Waals surface area contributed by atoms with Gasteiger partial charge >= 0.3 is 12.2 Å². The monoisotopic (exact) mass is 615 g/mol. The molecule has 5 rings (SSSR count). The minimum absolute atomic E-state index is 0.0941. The number of aryl methyl sites for hydroxylation is 1. The summed E-state index contributed by atoms with van der Waals surface area (Å²) in [5.74, 6) is -1.47. The highest BCUT2D eigenvalue weighted by Crippen LogP contribution is 2.46. The predicted molar refractivity (Wildman–Crippen MR) is 145 cm³/mol. The number of hydrogen-bond donors (Lipinski definition) is 0. The van der Waals surface area contributed by atoms with Gasteiger partial charge in [0.2, 0.25) is 11.5 Å². The van der Waals surface area contributed by atoms with Crippen molar-refractivity contribution in [2.45, 2.75) is 63.8 Å². The van der Waals surface area contributed by atoms with Crippen LogP contribution in [0.15, 0.2) is 46.9 Å². The van der Waals surface area contributed by atoms with Gasteiger partial charge in [-0.15, -0.1) is 0 Å². The van der Waals surface area contributed by atoms with E-state index in [0.29, 0.717) is 24.0 Å². The summed E-state index contributed by atoms with van der Waals surface area (Å²) in [4.78, 5) is 56.9. The molecule has 2 fully saturated rings. The second kappa shape index (κ2) is 9.87. The zero-order valence-corrected chi connectivity index (χ0v) is 24.4. The molecule has 11 heteroatoms. The molecule has 1 aliphatic carbocycles. The fourth-order valence-electron chi connectivity index (χ4n) is 5.60. The molecule has 2 aromatic rings. The first-order chi connectivity index (χ1) is 18.7. The van der Waals surface area contributed by atoms with E-state index < -0.39 is 53.1 Å². The van der Waals surface area contributed by atoms with Crippen LogP contribution in [0.5, 0.6) is 0 Å². The van der Waals surface area contributed by atoms with Gasteiger partial charge < -0.3 is 19.3 Å². The van der Waals surface area contributed by atoms with Crippen LogP contribution >= 0.6 is 15.9 Å². The number of likely N-dealkylation sites (tertiary alicyclic amines) is 1. The third-order valence-electron chi connectivity index (χ3n) is 7.54. The lowest BCUT2D eigenvalue weighted by atomic mass is 9.89. The van der Waals surface area contributed by atoms with Crippen LogP contribution in [0.3, 0.4) is 0 Å². The molecular formula is C29H31BrFN3O6. The van der Waals surface area contributed by atoms with Gasteiger partial charge in [-0.25, -0.2) is 18.9 Å². The highest BCUT2D eigenvalue weighted by molar-refractivity contribution is 9.10. The van der Waals surface area contributed by atoms with Crippen LogP contribution in [0.2, 0.25) is 0 Å². The van der Waals surface area contributed by atoms with E-state index in [2.05, 4.69) is 15.9 Å². The van der Waals surface area contributed by atoms with Gasteiger partial charge in [-0.05, 0) is 69.5 Å². The van der Waals surface area contributed by atoms with Gasteiger partial charge in [0.1, 0.15) is 18.0 Å². The van der Waals surface area contributed by atoms with Gasteiger partial charge in [-0.2, -0.15) is 0 Å². The Morgan fingerprint density at radius 1 is 1.12 bits per heavy atom. The number of benzene rings is 2. The molecule has 2 heterocycles. The number of fused-ring (bicyclic) bond motifs is 2. The van der Waals surface area contributed by atoms with Crippen molar-refractivity contribution in [1.82, 2.24) is 14.7 Å². The molecule has 9 nitrogen and oxygen atoms in total. The summed E-state index contributed by atoms with van der Waals surface area (Å²) in [5.41, 5.74) is -0.721. The number of rotatable bonds is 5. The van der Waals surface area contributed by atoms with Crippen LogP contribution in [-0.4, -0.2) is 69.5 Å². The number of carbonyl (C=O) groups excluding carboxylic acids is 4. The van der Waals surface area contributed by atoms with Gasteiger partial charge in [0.15, 0.2) is 0 Å². The number of ether oxygens (including phenoxy) is 2. The molecule has 0 unspecified atom stereocenters. The molecular weight excluding hydrogens is 585 g/mol. The smallest absolute Gasteiger partial charge is 0.418 e. The lowest BCUT2D eigenvalue weighted by Crippen LogP contribution is -2.71. The van der Waals surface area contributed by atoms with Crippen LogP contribution in [0.25, 0.3) is 0 Å². The van der Waals surface area contributed by atoms with Crippen molar-refractivity contribution in [1.29, 1.82) is 0 Å². The number of nitrogens with zero attached hydrogens (tertiary/aromatic N) is 3. The molecule has 40 heavy (non-hydrogen) atoms. The van der Waals surface area contributed by atoms with E-state index in [4.69, 9.17) is 9.47 Å². The van der Waals surface area contributed by atoms with Crippen molar-refractivity contribution in [3.63, 3.8) is 0 Å². The quantitative estimate of drug-likeness (QED) is 0.482. The summed E-state index contributed by atoms with van der Waals surface area (Å²) >= 11 is 3.43. The summed E-state index contributed by atoms with van der Waals surface area (Å²) in [6.45, 7) is 7.11. The zero-order chi connectivity index (χ0) is 29.0. The van der Waals surface area contributed by atoms with Crippen LogP contribution in [0.1, 0.15) is 50.8 Å². The summed E-state index contributed by atoms with van der Waals surface area (Å²) in [5, 5.41) is 0. The number of amides is 4. The Balaban J connectivity index is 1.37. The third kappa shape index (κ3) is 5.07. The molecule has 4 amide bonds. The molecule has 1 atom stereocenters. The average molecular weight is 616 g/mol. The summed E-state index contributed by atoms with van der Waals surface area (Å²) in [6, 6.07) is 11.2. The first-order valence-electron chi connectivity index (χ1n) is 13.1. The van der Waals surface area contributed by atoms with Gasteiger partial charge in [0, 0.05) is 36.1 Å². The fourth-order valence-corrected chi connectivity index (χ4v) is 6.01. The molecule has 0 saturated carbocycles. The lowest BCUT2D eigenvalue weighted by molar-refractivity contribution is -0.150. The standard InChI is InChI=1S/C29H31BrFN3O6/c1-27(2,3)39-25(37)32-16-28(4,17-32)34(14-18-5-8-21(31)9-6-18)23(35)15-33-24(36)29(40-26(33)38)12-11-19-13-20(30)7-10-22(19)29/h5-10,13H,11-12,14-17H2,1-4H3/t29-/m1/s1. The maximum atomic E-state index is 13.8. The Hall–Kier alpha value is -3.47. The molecule has 0 aromatic heterocycles. The van der Waals surface area contributed by atoms with Crippen LogP contribution in [0.4, 0.5) is 14.0 Å². The molecule has 2 aromatic carbocycles. The van der Waals surface area contributed by atoms with Crippen molar-refractivity contribution in [2.75, 3.05) is 19.6 Å². The fraction of sp³-hybridized carbons (Fsp3) is 0.448. The normalized spacial score (nSPS) is 21.2. The Bertz CT molecular complexity index is 1390. The van der Waals surface area contributed by atoms with Crippen molar-refractivity contribution in [3.8, 4) is 0 Å². The Kier molecular flexibility index (Phi) is 6.92. The second-order valence-corrected chi connectivity index (χ2v) is 12.7. The first kappa shape index (κ1) is 28.1. The average Bonchev–Trinajstić information content (AvgIpc) is 3.32. The van der Waals surface area contributed by atoms with Gasteiger partial charge in [0.25, 0.3) is 5.91 Å². The Labute approximate surface area is 240 Å². The van der Waals surface area contributed by atoms with Crippen LogP contribution in [-0.2, 0) is 37.6 Å². The minimum atomic E-state index is -1.44. The SMILES string of the molecule is CC(C)(C)OC(=O)N1CC(C)(N(Cc2ccc(F)cc2)C(=O)CN2C(=O)O[C@@]3(CCc4cc(Br)ccc43)C2=O)C1. The predicted octanol–water partition coefficient (Wildman–Crippen LogP) is 4.75. The molecule has 0 N–H and O–H groups in total. The van der Waals surface area contributed by atoms with Gasteiger partial charge in [0.05, 0.1) is 5.54 Å². The largest absolute Gasteiger partial charge is 0.444 e. The summed E-state index contributed by atoms with van der Waals surface area (Å²) < 4.78 is 25.6. The molecule has 2 saturated heterocycles. The number of halogens is 2. The third-order valence-corrected chi connectivity index (χ3v) is 8.03. The first-order valence-corrected chi connectivity index (χ1v) is 13.9. The summed E-state index contributed by atoms with van der Waals surface area (Å²) in [6.07, 6.45) is -0.503. The van der Waals surface area contributed by atoms with Crippen LogP contribution < -0.4 is 0 Å². The van der Waals surface area contributed by atoms with E-state index in [1.165, 1.54) is 21.9 Å². The van der Waals surface area contributed by atoms with Gasteiger partial charge in [-0.3, -0.25) is 9.59 Å². The molecule has 212 valence electrons. The molecule has 1 spiro atoms. The van der Waals surface area contributed by atoms with E-state index in [1.807, 2.05) is 13.0 Å². The van der Waals surface area contributed by atoms with E-state index in [0.717, 1.165) is 14.9 Å². The maximum absolute atomic E-state index is 13.8. The zero-order valence-electron chi connectivity index (χ0n) is 22.8. The number of hydrogen-bond acceptors (Lipinski definition) is 6. The Morgan fingerprint density at radius 2 is 1.80 bits per heavy atom. The molecule has 2 aliphatic heterocycles. The van der Waals surface area contributed by atoms with Crippen LogP contribution in [0, 0.1) is 5.82 Å². The van der Waals surface area contributed by atoms with E-state index in [1.54, 1.807) is 45.0 Å². The maximum Gasteiger partial charge on any atom is 0.418 e. The molecule has 0 bridgehead atoms. The van der Waals surface area contributed by atoms with E-state index >= 15 is 0 Å². The highest BCUT2D eigenvalue weighted by Gasteiger charge is 2.59. The van der Waals surface area contributed by atoms with Crippen molar-refractivity contribution in [2.24, 2.45) is 0 Å². The topological polar surface area (TPSA) is 96.5 Å². The van der Waals surface area contributed by atoms with E-state index in [-0.39, 0.29) is 19.6 Å². The minimum Gasteiger partial charge on any atom is -0.444 e. The molecule has 0 radical (unpaired) electrons. The number of carbonyl (C=O) groups is 4. The van der Waals surface area contributed by atoms with Crippen molar-refractivity contribution >= 4 is 39.9 Å². The lowest BCUT2D eigenvalue weighted by Gasteiger charge is -2.53. The number of imide groups is 1. The highest BCUT2D eigenvalue weighted by atomic mass is 79.9.